The van der Waals surface area contributed by atoms with Gasteiger partial charge < -0.3 is 10.4 Å². The summed E-state index contributed by atoms with van der Waals surface area (Å²) in [5.41, 5.74) is 1.23. The summed E-state index contributed by atoms with van der Waals surface area (Å²) in [4.78, 5) is 23.3. The van der Waals surface area contributed by atoms with Crippen LogP contribution < -0.4 is 5.32 Å². The zero-order chi connectivity index (χ0) is 15.9. The predicted molar refractivity (Wildman–Crippen MR) is 80.1 cm³/mol. The maximum atomic E-state index is 12.8. The van der Waals surface area contributed by atoms with Crippen molar-refractivity contribution in [3.63, 3.8) is 0 Å². The fraction of sp³-hybridized carbons (Fsp3) is 0.176. The smallest absolute Gasteiger partial charge is 0.326 e. The van der Waals surface area contributed by atoms with Crippen molar-refractivity contribution in [1.29, 1.82) is 0 Å². The van der Waals surface area contributed by atoms with Gasteiger partial charge in [0.15, 0.2) is 0 Å². The second-order valence-electron chi connectivity index (χ2n) is 4.90. The maximum Gasteiger partial charge on any atom is 0.326 e. The molecule has 0 fully saturated rings. The lowest BCUT2D eigenvalue weighted by atomic mass is 10.0. The van der Waals surface area contributed by atoms with E-state index in [1.807, 2.05) is 30.3 Å². The molecule has 5 heteroatoms. The summed E-state index contributed by atoms with van der Waals surface area (Å²) in [6.45, 7) is 0. The molecule has 0 aliphatic heterocycles. The maximum absolute atomic E-state index is 12.8. The van der Waals surface area contributed by atoms with E-state index in [0.717, 1.165) is 17.7 Å². The number of hydrogen-bond acceptors (Lipinski definition) is 2. The van der Waals surface area contributed by atoms with Crippen LogP contribution in [0.3, 0.4) is 0 Å². The first-order chi connectivity index (χ1) is 10.6. The summed E-state index contributed by atoms with van der Waals surface area (Å²) in [7, 11) is 0. The SMILES string of the molecule is O=C(N[C@H](CCc1ccccc1)C(=O)O)c1ccc(F)cc1. The van der Waals surface area contributed by atoms with Crippen LogP contribution in [0.15, 0.2) is 54.6 Å². The molecule has 0 aliphatic carbocycles. The van der Waals surface area contributed by atoms with E-state index >= 15 is 0 Å². The molecule has 4 nitrogen and oxygen atoms in total. The number of carboxylic acid groups (broad SMARTS) is 1. The molecule has 0 unspecified atom stereocenters. The second-order valence-corrected chi connectivity index (χ2v) is 4.90. The first kappa shape index (κ1) is 15.7. The molecular weight excluding hydrogens is 285 g/mol. The third-order valence-electron chi connectivity index (χ3n) is 3.27. The number of halogens is 1. The first-order valence-electron chi connectivity index (χ1n) is 6.89. The van der Waals surface area contributed by atoms with E-state index in [9.17, 15) is 19.1 Å². The van der Waals surface area contributed by atoms with Crippen LogP contribution in [-0.2, 0) is 11.2 Å². The van der Waals surface area contributed by atoms with Crippen LogP contribution >= 0.6 is 0 Å². The molecular formula is C17H16FNO3. The van der Waals surface area contributed by atoms with Gasteiger partial charge in [0, 0.05) is 5.56 Å². The lowest BCUT2D eigenvalue weighted by molar-refractivity contribution is -0.139. The summed E-state index contributed by atoms with van der Waals surface area (Å²) in [6.07, 6.45) is 0.827. The Kier molecular flexibility index (Phi) is 5.25. The van der Waals surface area contributed by atoms with E-state index in [1.54, 1.807) is 0 Å². The van der Waals surface area contributed by atoms with Crippen LogP contribution in [0.4, 0.5) is 4.39 Å². The fourth-order valence-corrected chi connectivity index (χ4v) is 2.06. The molecule has 0 aliphatic rings. The Hall–Kier alpha value is -2.69. The number of benzene rings is 2. The van der Waals surface area contributed by atoms with Crippen molar-refractivity contribution in [2.45, 2.75) is 18.9 Å². The number of aliphatic carboxylic acids is 1. The van der Waals surface area contributed by atoms with Crippen LogP contribution in [0, 0.1) is 5.82 Å². The van der Waals surface area contributed by atoms with E-state index in [4.69, 9.17) is 0 Å². The second kappa shape index (κ2) is 7.36. The lowest BCUT2D eigenvalue weighted by Gasteiger charge is -2.14. The van der Waals surface area contributed by atoms with Crippen molar-refractivity contribution in [3.05, 3.63) is 71.5 Å². The molecule has 0 spiro atoms. The van der Waals surface area contributed by atoms with E-state index < -0.39 is 23.7 Å². The van der Waals surface area contributed by atoms with Gasteiger partial charge in [-0.15, -0.1) is 0 Å². The summed E-state index contributed by atoms with van der Waals surface area (Å²) in [5, 5.41) is 11.7. The van der Waals surface area contributed by atoms with Gasteiger partial charge in [-0.05, 0) is 42.7 Å². The average molecular weight is 301 g/mol. The number of carboxylic acids is 1. The lowest BCUT2D eigenvalue weighted by Crippen LogP contribution is -2.41. The van der Waals surface area contributed by atoms with Gasteiger partial charge in [0.25, 0.3) is 5.91 Å². The highest BCUT2D eigenvalue weighted by molar-refractivity contribution is 5.96. The third-order valence-corrected chi connectivity index (χ3v) is 3.27. The zero-order valence-electron chi connectivity index (χ0n) is 11.8. The molecule has 114 valence electrons. The third kappa shape index (κ3) is 4.41. The molecule has 2 N–H and O–H groups in total. The molecule has 1 atom stereocenters. The van der Waals surface area contributed by atoms with E-state index in [1.165, 1.54) is 12.1 Å². The topological polar surface area (TPSA) is 66.4 Å². The molecule has 0 heterocycles. The van der Waals surface area contributed by atoms with E-state index in [0.29, 0.717) is 6.42 Å². The Bertz CT molecular complexity index is 641. The normalized spacial score (nSPS) is 11.7. The van der Waals surface area contributed by atoms with Gasteiger partial charge in [0.1, 0.15) is 11.9 Å². The van der Waals surface area contributed by atoms with Crippen LogP contribution in [0.5, 0.6) is 0 Å². The summed E-state index contributed by atoms with van der Waals surface area (Å²) < 4.78 is 12.8. The average Bonchev–Trinajstić information content (AvgIpc) is 2.52. The Morgan fingerprint density at radius 1 is 1.05 bits per heavy atom. The molecule has 22 heavy (non-hydrogen) atoms. The highest BCUT2D eigenvalue weighted by Gasteiger charge is 2.20. The van der Waals surface area contributed by atoms with Crippen LogP contribution in [0.25, 0.3) is 0 Å². The molecule has 0 radical (unpaired) electrons. The van der Waals surface area contributed by atoms with Gasteiger partial charge in [-0.2, -0.15) is 0 Å². The van der Waals surface area contributed by atoms with Gasteiger partial charge in [0.2, 0.25) is 0 Å². The molecule has 1 amide bonds. The van der Waals surface area contributed by atoms with Crippen molar-refractivity contribution in [2.24, 2.45) is 0 Å². The van der Waals surface area contributed by atoms with Crippen molar-refractivity contribution >= 4 is 11.9 Å². The Labute approximate surface area is 127 Å². The highest BCUT2D eigenvalue weighted by atomic mass is 19.1. The van der Waals surface area contributed by atoms with Crippen LogP contribution in [0.2, 0.25) is 0 Å². The quantitative estimate of drug-likeness (QED) is 0.862. The van der Waals surface area contributed by atoms with E-state index in [2.05, 4.69) is 5.32 Å². The summed E-state index contributed by atoms with van der Waals surface area (Å²) in [6, 6.07) is 13.4. The number of nitrogens with one attached hydrogen (secondary N) is 1. The zero-order valence-corrected chi connectivity index (χ0v) is 11.8. The summed E-state index contributed by atoms with van der Waals surface area (Å²) in [5.74, 6) is -2.07. The molecule has 2 rings (SSSR count). The Morgan fingerprint density at radius 2 is 1.68 bits per heavy atom. The minimum Gasteiger partial charge on any atom is -0.480 e. The van der Waals surface area contributed by atoms with Gasteiger partial charge in [-0.3, -0.25) is 4.79 Å². The molecule has 2 aromatic carbocycles. The number of aryl methyl sites for hydroxylation is 1. The molecule has 0 saturated carbocycles. The van der Waals surface area contributed by atoms with Gasteiger partial charge >= 0.3 is 5.97 Å². The molecule has 0 bridgehead atoms. The molecule has 2 aromatic rings. The van der Waals surface area contributed by atoms with Crippen LogP contribution in [0.1, 0.15) is 22.3 Å². The highest BCUT2D eigenvalue weighted by Crippen LogP contribution is 2.07. The van der Waals surface area contributed by atoms with Crippen LogP contribution in [-0.4, -0.2) is 23.0 Å². The summed E-state index contributed by atoms with van der Waals surface area (Å²) >= 11 is 0. The van der Waals surface area contributed by atoms with Gasteiger partial charge in [0.05, 0.1) is 0 Å². The van der Waals surface area contributed by atoms with Crippen molar-refractivity contribution < 1.29 is 19.1 Å². The first-order valence-corrected chi connectivity index (χ1v) is 6.89. The largest absolute Gasteiger partial charge is 0.480 e. The Balaban J connectivity index is 1.98. The van der Waals surface area contributed by atoms with Gasteiger partial charge in [-0.25, -0.2) is 9.18 Å². The van der Waals surface area contributed by atoms with Crippen molar-refractivity contribution in [1.82, 2.24) is 5.32 Å². The minimum absolute atomic E-state index is 0.229. The number of carbonyl (C=O) groups excluding carboxylic acids is 1. The standard InChI is InChI=1S/C17H16FNO3/c18-14-9-7-13(8-10-14)16(20)19-15(17(21)22)11-6-12-4-2-1-3-5-12/h1-5,7-10,15H,6,11H2,(H,19,20)(H,21,22)/t15-/m1/s1. The monoisotopic (exact) mass is 301 g/mol. The predicted octanol–water partition coefficient (Wildman–Crippen LogP) is 2.64. The van der Waals surface area contributed by atoms with E-state index in [-0.39, 0.29) is 12.0 Å². The Morgan fingerprint density at radius 3 is 2.27 bits per heavy atom. The number of hydrogen-bond donors (Lipinski definition) is 2. The number of carbonyl (C=O) groups is 2. The van der Waals surface area contributed by atoms with Crippen molar-refractivity contribution in [2.75, 3.05) is 0 Å². The van der Waals surface area contributed by atoms with Crippen molar-refractivity contribution in [3.8, 4) is 0 Å². The van der Waals surface area contributed by atoms with Gasteiger partial charge in [-0.1, -0.05) is 30.3 Å². The minimum atomic E-state index is -1.09. The fourth-order valence-electron chi connectivity index (χ4n) is 2.06. The number of rotatable bonds is 6. The molecule has 0 aromatic heterocycles. The number of amides is 1. The molecule has 0 saturated heterocycles.